The van der Waals surface area contributed by atoms with Gasteiger partial charge in [0.15, 0.2) is 0 Å². The lowest BCUT2D eigenvalue weighted by Crippen LogP contribution is -2.13. The van der Waals surface area contributed by atoms with Gasteiger partial charge in [0.25, 0.3) is 0 Å². The largest absolute Gasteiger partial charge is 0.343 e. The van der Waals surface area contributed by atoms with Gasteiger partial charge >= 0.3 is 0 Å². The molecule has 1 aromatic heterocycles. The molecule has 1 aliphatic rings. The number of nitrogens with zero attached hydrogens (tertiary/aromatic N) is 1. The Balaban J connectivity index is 1.75. The Kier molecular flexibility index (Phi) is 3.11. The predicted octanol–water partition coefficient (Wildman–Crippen LogP) is 4.06. The molecule has 0 radical (unpaired) electrons. The molecule has 1 aliphatic carbocycles. The van der Waals surface area contributed by atoms with Gasteiger partial charge in [-0.3, -0.25) is 4.79 Å². The van der Waals surface area contributed by atoms with Gasteiger partial charge < -0.3 is 4.57 Å². The van der Waals surface area contributed by atoms with Crippen molar-refractivity contribution >= 4 is 16.7 Å². The Morgan fingerprint density at radius 1 is 1.00 bits per heavy atom. The zero-order valence-corrected chi connectivity index (χ0v) is 12.8. The smallest absolute Gasteiger partial charge is 0.137 e. The van der Waals surface area contributed by atoms with E-state index < -0.39 is 0 Å². The highest BCUT2D eigenvalue weighted by Crippen LogP contribution is 2.29. The molecule has 110 valence electrons. The zero-order chi connectivity index (χ0) is 15.1. The number of hydrogen-bond donors (Lipinski definition) is 0. The summed E-state index contributed by atoms with van der Waals surface area (Å²) in [5, 5.41) is 1.25. The molecule has 0 saturated heterocycles. The molecular weight excluding hydrogens is 270 g/mol. The first kappa shape index (κ1) is 13.3. The molecule has 0 aliphatic heterocycles. The van der Waals surface area contributed by atoms with Crippen LogP contribution in [0.5, 0.6) is 0 Å². The Hall–Kier alpha value is -2.35. The fourth-order valence-electron chi connectivity index (χ4n) is 3.41. The average molecular weight is 289 g/mol. The molecular formula is C20H19NO. The van der Waals surface area contributed by atoms with Gasteiger partial charge in [0.05, 0.1) is 0 Å². The van der Waals surface area contributed by atoms with Gasteiger partial charge in [0.1, 0.15) is 5.78 Å². The van der Waals surface area contributed by atoms with Gasteiger partial charge in [-0.05, 0) is 42.2 Å². The van der Waals surface area contributed by atoms with Crippen molar-refractivity contribution in [3.8, 4) is 0 Å². The molecule has 0 saturated carbocycles. The molecule has 3 aromatic rings. The van der Waals surface area contributed by atoms with Crippen molar-refractivity contribution in [3.63, 3.8) is 0 Å². The fraction of sp³-hybridized carbons (Fsp3) is 0.250. The molecule has 0 spiro atoms. The van der Waals surface area contributed by atoms with E-state index >= 15 is 0 Å². The third kappa shape index (κ3) is 2.25. The van der Waals surface area contributed by atoms with Crippen molar-refractivity contribution in [1.29, 1.82) is 0 Å². The molecule has 2 aromatic carbocycles. The maximum atomic E-state index is 11.8. The van der Waals surface area contributed by atoms with Crippen molar-refractivity contribution in [3.05, 3.63) is 70.9 Å². The SMILES string of the molecule is Cc1ccc(Cn2ccc3c4c(ccc32)CCC(=O)C4)cc1. The summed E-state index contributed by atoms with van der Waals surface area (Å²) in [6.45, 7) is 2.98. The van der Waals surface area contributed by atoms with E-state index in [0.717, 1.165) is 13.0 Å². The lowest BCUT2D eigenvalue weighted by Gasteiger charge is -2.16. The molecule has 0 atom stereocenters. The van der Waals surface area contributed by atoms with Crippen molar-refractivity contribution < 1.29 is 4.79 Å². The highest BCUT2D eigenvalue weighted by molar-refractivity contribution is 5.92. The van der Waals surface area contributed by atoms with Gasteiger partial charge in [-0.1, -0.05) is 35.9 Å². The van der Waals surface area contributed by atoms with Gasteiger partial charge in [-0.25, -0.2) is 0 Å². The fourth-order valence-corrected chi connectivity index (χ4v) is 3.41. The number of aryl methyl sites for hydroxylation is 2. The van der Waals surface area contributed by atoms with Gasteiger partial charge in [-0.2, -0.15) is 0 Å². The maximum absolute atomic E-state index is 11.8. The van der Waals surface area contributed by atoms with E-state index in [1.807, 2.05) is 0 Å². The van der Waals surface area contributed by atoms with Crippen LogP contribution in [0.25, 0.3) is 10.9 Å². The number of carbonyl (C=O) groups excluding carboxylic acids is 1. The first-order valence-corrected chi connectivity index (χ1v) is 7.87. The van der Waals surface area contributed by atoms with Crippen LogP contribution in [0.3, 0.4) is 0 Å². The second-order valence-electron chi connectivity index (χ2n) is 6.28. The minimum absolute atomic E-state index is 0.367. The third-order valence-electron chi connectivity index (χ3n) is 4.68. The van der Waals surface area contributed by atoms with Crippen molar-refractivity contribution in [1.82, 2.24) is 4.57 Å². The zero-order valence-electron chi connectivity index (χ0n) is 12.8. The van der Waals surface area contributed by atoms with Crippen LogP contribution in [0.4, 0.5) is 0 Å². The molecule has 0 amide bonds. The lowest BCUT2D eigenvalue weighted by atomic mass is 9.89. The van der Waals surface area contributed by atoms with Crippen molar-refractivity contribution in [2.45, 2.75) is 32.7 Å². The third-order valence-corrected chi connectivity index (χ3v) is 4.68. The highest BCUT2D eigenvalue weighted by atomic mass is 16.1. The van der Waals surface area contributed by atoms with E-state index in [-0.39, 0.29) is 0 Å². The molecule has 2 nitrogen and oxygen atoms in total. The summed E-state index contributed by atoms with van der Waals surface area (Å²) >= 11 is 0. The Morgan fingerprint density at radius 3 is 2.64 bits per heavy atom. The summed E-state index contributed by atoms with van der Waals surface area (Å²) in [6.07, 6.45) is 4.33. The van der Waals surface area contributed by atoms with Crippen molar-refractivity contribution in [2.75, 3.05) is 0 Å². The van der Waals surface area contributed by atoms with Crippen molar-refractivity contribution in [2.24, 2.45) is 0 Å². The van der Waals surface area contributed by atoms with Crippen LogP contribution < -0.4 is 0 Å². The molecule has 0 unspecified atom stereocenters. The summed E-state index contributed by atoms with van der Waals surface area (Å²) in [6, 6.07) is 15.3. The van der Waals surface area contributed by atoms with E-state index in [1.54, 1.807) is 0 Å². The number of ketones is 1. The number of Topliss-reactive ketones (excluding diaryl/α,β-unsaturated/α-hetero) is 1. The number of benzene rings is 2. The molecule has 22 heavy (non-hydrogen) atoms. The number of fused-ring (bicyclic) bond motifs is 3. The first-order valence-electron chi connectivity index (χ1n) is 7.87. The number of carbonyl (C=O) groups is 1. The van der Waals surface area contributed by atoms with Gasteiger partial charge in [0, 0.05) is 36.5 Å². The number of rotatable bonds is 2. The Labute approximate surface area is 130 Å². The Bertz CT molecular complexity index is 855. The summed E-state index contributed by atoms with van der Waals surface area (Å²) in [4.78, 5) is 11.8. The molecule has 1 heterocycles. The molecule has 0 bridgehead atoms. The summed E-state index contributed by atoms with van der Waals surface area (Å²) < 4.78 is 2.28. The molecule has 4 rings (SSSR count). The van der Waals surface area contributed by atoms with Crippen LogP contribution in [0.1, 0.15) is 28.7 Å². The second kappa shape index (κ2) is 5.13. The molecule has 0 fully saturated rings. The standard InChI is InChI=1S/C20H19NO/c1-14-2-4-15(5-3-14)13-21-11-10-18-19-12-17(22)8-6-16(19)7-9-20(18)21/h2-5,7,9-11H,6,8,12-13H2,1H3. The summed E-state index contributed by atoms with van der Waals surface area (Å²) in [5.41, 5.74) is 6.41. The normalized spacial score (nSPS) is 14.3. The predicted molar refractivity (Wildman–Crippen MR) is 89.3 cm³/mol. The van der Waals surface area contributed by atoms with Gasteiger partial charge in [-0.15, -0.1) is 0 Å². The quantitative estimate of drug-likeness (QED) is 0.697. The van der Waals surface area contributed by atoms with E-state index in [1.165, 1.54) is 33.2 Å². The Morgan fingerprint density at radius 2 is 1.82 bits per heavy atom. The van der Waals surface area contributed by atoms with Crippen LogP contribution in [0.15, 0.2) is 48.7 Å². The van der Waals surface area contributed by atoms with Crippen LogP contribution in [0, 0.1) is 6.92 Å². The second-order valence-corrected chi connectivity index (χ2v) is 6.28. The van der Waals surface area contributed by atoms with E-state index in [2.05, 4.69) is 60.2 Å². The molecule has 2 heteroatoms. The van der Waals surface area contributed by atoms with Crippen LogP contribution in [0.2, 0.25) is 0 Å². The van der Waals surface area contributed by atoms with E-state index in [0.29, 0.717) is 18.6 Å². The average Bonchev–Trinajstić information content (AvgIpc) is 2.93. The van der Waals surface area contributed by atoms with Crippen LogP contribution >= 0.6 is 0 Å². The summed E-state index contributed by atoms with van der Waals surface area (Å²) in [5.74, 6) is 0.367. The minimum atomic E-state index is 0.367. The topological polar surface area (TPSA) is 22.0 Å². The van der Waals surface area contributed by atoms with Gasteiger partial charge in [0.2, 0.25) is 0 Å². The lowest BCUT2D eigenvalue weighted by molar-refractivity contribution is -0.118. The van der Waals surface area contributed by atoms with E-state index in [9.17, 15) is 4.79 Å². The first-order chi connectivity index (χ1) is 10.7. The number of hydrogen-bond acceptors (Lipinski definition) is 1. The summed E-state index contributed by atoms with van der Waals surface area (Å²) in [7, 11) is 0. The maximum Gasteiger partial charge on any atom is 0.137 e. The molecule has 0 N–H and O–H groups in total. The minimum Gasteiger partial charge on any atom is -0.343 e. The number of aromatic nitrogens is 1. The highest BCUT2D eigenvalue weighted by Gasteiger charge is 2.18. The monoisotopic (exact) mass is 289 g/mol. The van der Waals surface area contributed by atoms with Crippen LogP contribution in [-0.4, -0.2) is 10.4 Å². The van der Waals surface area contributed by atoms with E-state index in [4.69, 9.17) is 0 Å². The van der Waals surface area contributed by atoms with Crippen LogP contribution in [-0.2, 0) is 24.2 Å².